The van der Waals surface area contributed by atoms with Crippen LogP contribution in [-0.4, -0.2) is 17.6 Å². The molecule has 0 aromatic heterocycles. The summed E-state index contributed by atoms with van der Waals surface area (Å²) in [6.07, 6.45) is 4.53. The first kappa shape index (κ1) is 13.1. The quantitative estimate of drug-likeness (QED) is 0.863. The standard InChI is InChI=1S/C15H21NO2/c1-10-7-12(14(17)18)8-13(11(10)2)15(9-16)5-3-4-6-15/h7-8H,3-6,9,16H2,1-2H3,(H,17,18). The van der Waals surface area contributed by atoms with Gasteiger partial charge in [-0.1, -0.05) is 12.8 Å². The highest BCUT2D eigenvalue weighted by molar-refractivity contribution is 5.88. The lowest BCUT2D eigenvalue weighted by molar-refractivity contribution is 0.0696. The summed E-state index contributed by atoms with van der Waals surface area (Å²) in [6.45, 7) is 4.66. The van der Waals surface area contributed by atoms with Crippen molar-refractivity contribution in [3.63, 3.8) is 0 Å². The highest BCUT2D eigenvalue weighted by Crippen LogP contribution is 2.42. The van der Waals surface area contributed by atoms with Crippen molar-refractivity contribution in [3.05, 3.63) is 34.4 Å². The summed E-state index contributed by atoms with van der Waals surface area (Å²) in [5.74, 6) is -0.857. The number of carboxylic acids is 1. The van der Waals surface area contributed by atoms with Gasteiger partial charge in [0.2, 0.25) is 0 Å². The van der Waals surface area contributed by atoms with Crippen molar-refractivity contribution in [2.24, 2.45) is 5.73 Å². The number of benzene rings is 1. The highest BCUT2D eigenvalue weighted by atomic mass is 16.4. The second-order valence-corrected chi connectivity index (χ2v) is 5.46. The van der Waals surface area contributed by atoms with E-state index in [-0.39, 0.29) is 5.41 Å². The average molecular weight is 247 g/mol. The molecule has 3 N–H and O–H groups in total. The van der Waals surface area contributed by atoms with Gasteiger partial charge in [0.25, 0.3) is 0 Å². The summed E-state index contributed by atoms with van der Waals surface area (Å²) in [5, 5.41) is 9.19. The molecule has 0 aliphatic heterocycles. The first-order valence-electron chi connectivity index (χ1n) is 6.55. The third-order valence-electron chi connectivity index (χ3n) is 4.44. The maximum absolute atomic E-state index is 11.2. The number of aromatic carboxylic acids is 1. The fourth-order valence-corrected chi connectivity index (χ4v) is 3.17. The van der Waals surface area contributed by atoms with Crippen LogP contribution in [0.3, 0.4) is 0 Å². The van der Waals surface area contributed by atoms with Gasteiger partial charge >= 0.3 is 5.97 Å². The van der Waals surface area contributed by atoms with Crippen LogP contribution in [0.1, 0.15) is 52.7 Å². The van der Waals surface area contributed by atoms with Gasteiger partial charge in [0.15, 0.2) is 0 Å². The molecule has 3 nitrogen and oxygen atoms in total. The van der Waals surface area contributed by atoms with Crippen LogP contribution in [0.4, 0.5) is 0 Å². The van der Waals surface area contributed by atoms with Crippen LogP contribution in [-0.2, 0) is 5.41 Å². The summed E-state index contributed by atoms with van der Waals surface area (Å²) in [4.78, 5) is 11.2. The summed E-state index contributed by atoms with van der Waals surface area (Å²) < 4.78 is 0. The molecule has 1 aliphatic carbocycles. The molecule has 18 heavy (non-hydrogen) atoms. The Kier molecular flexibility index (Phi) is 3.44. The van der Waals surface area contributed by atoms with Gasteiger partial charge < -0.3 is 10.8 Å². The normalized spacial score (nSPS) is 17.9. The lowest BCUT2D eigenvalue weighted by Crippen LogP contribution is -2.33. The number of carboxylic acid groups (broad SMARTS) is 1. The van der Waals surface area contributed by atoms with E-state index < -0.39 is 5.97 Å². The van der Waals surface area contributed by atoms with Crippen LogP contribution in [0.25, 0.3) is 0 Å². The number of nitrogens with two attached hydrogens (primary N) is 1. The van der Waals surface area contributed by atoms with Crippen LogP contribution in [0, 0.1) is 13.8 Å². The van der Waals surface area contributed by atoms with Gasteiger partial charge in [0, 0.05) is 12.0 Å². The van der Waals surface area contributed by atoms with Gasteiger partial charge in [0.1, 0.15) is 0 Å². The number of hydrogen-bond acceptors (Lipinski definition) is 2. The van der Waals surface area contributed by atoms with Crippen molar-refractivity contribution in [2.45, 2.75) is 44.9 Å². The largest absolute Gasteiger partial charge is 0.478 e. The Bertz CT molecular complexity index is 474. The van der Waals surface area contributed by atoms with Crippen molar-refractivity contribution in [1.29, 1.82) is 0 Å². The Morgan fingerprint density at radius 2 is 1.94 bits per heavy atom. The van der Waals surface area contributed by atoms with Crippen LogP contribution >= 0.6 is 0 Å². The molecule has 0 heterocycles. The zero-order valence-corrected chi connectivity index (χ0v) is 11.1. The van der Waals surface area contributed by atoms with Crippen molar-refractivity contribution in [3.8, 4) is 0 Å². The Balaban J connectivity index is 2.58. The van der Waals surface area contributed by atoms with Crippen molar-refractivity contribution in [2.75, 3.05) is 6.54 Å². The molecule has 0 atom stereocenters. The molecule has 0 spiro atoms. The summed E-state index contributed by atoms with van der Waals surface area (Å²) >= 11 is 0. The number of hydrogen-bond donors (Lipinski definition) is 2. The summed E-state index contributed by atoms with van der Waals surface area (Å²) in [7, 11) is 0. The predicted octanol–water partition coefficient (Wildman–Crippen LogP) is 2.77. The summed E-state index contributed by atoms with van der Waals surface area (Å²) in [6, 6.07) is 3.59. The smallest absolute Gasteiger partial charge is 0.335 e. The van der Waals surface area contributed by atoms with E-state index >= 15 is 0 Å². The van der Waals surface area contributed by atoms with E-state index in [0.29, 0.717) is 12.1 Å². The zero-order chi connectivity index (χ0) is 13.3. The molecular formula is C15H21NO2. The van der Waals surface area contributed by atoms with Gasteiger partial charge in [-0.05, 0) is 55.5 Å². The Hall–Kier alpha value is -1.35. The van der Waals surface area contributed by atoms with E-state index in [4.69, 9.17) is 5.73 Å². The lowest BCUT2D eigenvalue weighted by Gasteiger charge is -2.30. The first-order chi connectivity index (χ1) is 8.50. The van der Waals surface area contributed by atoms with Crippen LogP contribution in [0.2, 0.25) is 0 Å². The van der Waals surface area contributed by atoms with Crippen molar-refractivity contribution >= 4 is 5.97 Å². The van der Waals surface area contributed by atoms with Crippen LogP contribution in [0.15, 0.2) is 12.1 Å². The third kappa shape index (κ3) is 2.03. The molecule has 0 radical (unpaired) electrons. The summed E-state index contributed by atoms with van der Waals surface area (Å²) in [5.41, 5.74) is 9.78. The maximum atomic E-state index is 11.2. The molecular weight excluding hydrogens is 226 g/mol. The minimum Gasteiger partial charge on any atom is -0.478 e. The third-order valence-corrected chi connectivity index (χ3v) is 4.44. The minimum atomic E-state index is -0.857. The molecule has 1 fully saturated rings. The molecule has 1 aromatic carbocycles. The van der Waals surface area contributed by atoms with E-state index in [9.17, 15) is 9.90 Å². The molecule has 0 amide bonds. The number of carbonyl (C=O) groups is 1. The highest BCUT2D eigenvalue weighted by Gasteiger charge is 2.36. The number of rotatable bonds is 3. The van der Waals surface area contributed by atoms with E-state index in [0.717, 1.165) is 24.0 Å². The van der Waals surface area contributed by atoms with E-state index in [1.165, 1.54) is 18.4 Å². The Morgan fingerprint density at radius 3 is 2.44 bits per heavy atom. The van der Waals surface area contributed by atoms with Gasteiger partial charge in [-0.2, -0.15) is 0 Å². The lowest BCUT2D eigenvalue weighted by atomic mass is 9.75. The zero-order valence-electron chi connectivity index (χ0n) is 11.1. The minimum absolute atomic E-state index is 0.000301. The van der Waals surface area contributed by atoms with Gasteiger partial charge in [-0.3, -0.25) is 0 Å². The van der Waals surface area contributed by atoms with E-state index in [1.807, 2.05) is 13.0 Å². The Morgan fingerprint density at radius 1 is 1.33 bits per heavy atom. The average Bonchev–Trinajstić information content (AvgIpc) is 2.82. The first-order valence-corrected chi connectivity index (χ1v) is 6.55. The fourth-order valence-electron chi connectivity index (χ4n) is 3.17. The SMILES string of the molecule is Cc1cc(C(=O)O)cc(C2(CN)CCCC2)c1C. The molecule has 98 valence electrons. The molecule has 1 saturated carbocycles. The van der Waals surface area contributed by atoms with Gasteiger partial charge in [0.05, 0.1) is 5.56 Å². The second-order valence-electron chi connectivity index (χ2n) is 5.46. The molecule has 0 bridgehead atoms. The van der Waals surface area contributed by atoms with E-state index in [2.05, 4.69) is 6.92 Å². The van der Waals surface area contributed by atoms with Gasteiger partial charge in [-0.15, -0.1) is 0 Å². The van der Waals surface area contributed by atoms with Crippen molar-refractivity contribution < 1.29 is 9.90 Å². The van der Waals surface area contributed by atoms with Crippen LogP contribution < -0.4 is 5.73 Å². The molecule has 1 aromatic rings. The van der Waals surface area contributed by atoms with Crippen molar-refractivity contribution in [1.82, 2.24) is 0 Å². The van der Waals surface area contributed by atoms with Crippen LogP contribution in [0.5, 0.6) is 0 Å². The molecule has 0 unspecified atom stereocenters. The molecule has 3 heteroatoms. The van der Waals surface area contributed by atoms with Gasteiger partial charge in [-0.25, -0.2) is 4.79 Å². The molecule has 0 saturated heterocycles. The number of aryl methyl sites for hydroxylation is 1. The fraction of sp³-hybridized carbons (Fsp3) is 0.533. The predicted molar refractivity (Wildman–Crippen MR) is 72.1 cm³/mol. The van der Waals surface area contributed by atoms with E-state index in [1.54, 1.807) is 6.07 Å². The maximum Gasteiger partial charge on any atom is 0.335 e. The second kappa shape index (κ2) is 4.73. The molecule has 1 aliphatic rings. The monoisotopic (exact) mass is 247 g/mol. The molecule has 2 rings (SSSR count). The topological polar surface area (TPSA) is 63.3 Å². The Labute approximate surface area is 108 Å².